The Morgan fingerprint density at radius 3 is 2.90 bits per heavy atom. The zero-order chi connectivity index (χ0) is 20.8. The summed E-state index contributed by atoms with van der Waals surface area (Å²) in [5, 5.41) is 7.39. The van der Waals surface area contributed by atoms with Crippen molar-refractivity contribution in [2.45, 2.75) is 26.2 Å². The van der Waals surface area contributed by atoms with Crippen LogP contribution in [0.15, 0.2) is 55.6 Å². The van der Waals surface area contributed by atoms with Gasteiger partial charge in [0.05, 0.1) is 17.0 Å². The Morgan fingerprint density at radius 2 is 2.03 bits per heavy atom. The highest BCUT2D eigenvalue weighted by Gasteiger charge is 2.33. The smallest absolute Gasteiger partial charge is 0.292 e. The second kappa shape index (κ2) is 6.87. The first-order valence-corrected chi connectivity index (χ1v) is 9.61. The van der Waals surface area contributed by atoms with Crippen LogP contribution in [0, 0.1) is 12.8 Å². The van der Waals surface area contributed by atoms with E-state index >= 15 is 0 Å². The summed E-state index contributed by atoms with van der Waals surface area (Å²) in [7, 11) is 0. The lowest BCUT2D eigenvalue weighted by Gasteiger charge is -2.15. The Labute approximate surface area is 170 Å². The van der Waals surface area contributed by atoms with E-state index in [0.29, 0.717) is 16.7 Å². The fourth-order valence-corrected chi connectivity index (χ4v) is 3.79. The Morgan fingerprint density at radius 1 is 1.20 bits per heavy atom. The number of amides is 2. The molecular formula is C21H17N5O4. The van der Waals surface area contributed by atoms with Gasteiger partial charge in [0.2, 0.25) is 0 Å². The lowest BCUT2D eigenvalue weighted by molar-refractivity contribution is -0.119. The molecule has 1 unspecified atom stereocenters. The van der Waals surface area contributed by atoms with Crippen LogP contribution in [0.25, 0.3) is 11.0 Å². The van der Waals surface area contributed by atoms with Crippen LogP contribution in [0.1, 0.15) is 35.5 Å². The molecule has 0 radical (unpaired) electrons. The summed E-state index contributed by atoms with van der Waals surface area (Å²) in [6.07, 6.45) is 2.41. The summed E-state index contributed by atoms with van der Waals surface area (Å²) >= 11 is 0. The summed E-state index contributed by atoms with van der Waals surface area (Å²) in [6, 6.07) is 9.48. The number of aromatic nitrogens is 2. The normalized spacial score (nSPS) is 18.2. The fourth-order valence-electron chi connectivity index (χ4n) is 3.79. The summed E-state index contributed by atoms with van der Waals surface area (Å²) < 4.78 is 6.91. The number of hydrogen-bond donors (Lipinski definition) is 1. The van der Waals surface area contributed by atoms with Gasteiger partial charge in [0.15, 0.2) is 11.2 Å². The number of hydrogen-bond acceptors (Lipinski definition) is 6. The van der Waals surface area contributed by atoms with Crippen molar-refractivity contribution in [1.82, 2.24) is 9.78 Å². The number of carbonyl (C=O) groups is 2. The van der Waals surface area contributed by atoms with Gasteiger partial charge >= 0.3 is 0 Å². The summed E-state index contributed by atoms with van der Waals surface area (Å²) in [6.45, 7) is 1.75. The minimum atomic E-state index is -0.617. The zero-order valence-corrected chi connectivity index (χ0v) is 16.1. The quantitative estimate of drug-likeness (QED) is 0.705. The second-order valence-corrected chi connectivity index (χ2v) is 7.31. The van der Waals surface area contributed by atoms with Crippen LogP contribution in [0.3, 0.4) is 0 Å². The molecule has 2 aromatic heterocycles. The number of para-hydroxylation sites is 1. The highest BCUT2D eigenvalue weighted by Crippen LogP contribution is 2.27. The lowest BCUT2D eigenvalue weighted by atomic mass is 10.1. The monoisotopic (exact) mass is 403 g/mol. The van der Waals surface area contributed by atoms with Crippen LogP contribution in [-0.4, -0.2) is 33.3 Å². The Balaban J connectivity index is 1.49. The van der Waals surface area contributed by atoms with Gasteiger partial charge in [-0.3, -0.25) is 14.4 Å². The van der Waals surface area contributed by atoms with Crippen molar-refractivity contribution in [3.05, 3.63) is 58.1 Å². The maximum absolute atomic E-state index is 12.8. The molecule has 0 bridgehead atoms. The average molecular weight is 403 g/mol. The number of rotatable bonds is 2. The molecule has 2 aliphatic rings. The first-order valence-electron chi connectivity index (χ1n) is 9.61. The van der Waals surface area contributed by atoms with Crippen molar-refractivity contribution in [3.8, 4) is 0 Å². The molecule has 0 spiro atoms. The van der Waals surface area contributed by atoms with Crippen molar-refractivity contribution in [2.75, 3.05) is 5.32 Å². The van der Waals surface area contributed by atoms with Gasteiger partial charge in [-0.05, 0) is 38.3 Å². The van der Waals surface area contributed by atoms with Crippen LogP contribution < -0.4 is 10.7 Å². The zero-order valence-electron chi connectivity index (χ0n) is 16.1. The number of nitrogens with zero attached hydrogens (tertiary/aromatic N) is 4. The van der Waals surface area contributed by atoms with E-state index in [1.165, 1.54) is 4.68 Å². The first-order chi connectivity index (χ1) is 14.5. The molecule has 150 valence electrons. The molecule has 1 atom stereocenters. The Hall–Kier alpha value is -3.88. The highest BCUT2D eigenvalue weighted by molar-refractivity contribution is 6.17. The number of aliphatic imine (C=N–C) groups is 2. The number of carbonyl (C=O) groups excluding carboxylic acids is 2. The molecule has 1 fully saturated rings. The second-order valence-electron chi connectivity index (χ2n) is 7.31. The molecule has 1 aliphatic heterocycles. The topological polar surface area (TPSA) is 119 Å². The third kappa shape index (κ3) is 3.04. The molecular weight excluding hydrogens is 386 g/mol. The van der Waals surface area contributed by atoms with E-state index < -0.39 is 5.91 Å². The van der Waals surface area contributed by atoms with Crippen molar-refractivity contribution in [1.29, 1.82) is 0 Å². The van der Waals surface area contributed by atoms with E-state index in [-0.39, 0.29) is 34.8 Å². The molecule has 3 heterocycles. The molecule has 1 aromatic carbocycles. The molecule has 5 rings (SSSR count). The lowest BCUT2D eigenvalue weighted by Crippen LogP contribution is -2.29. The van der Waals surface area contributed by atoms with E-state index in [9.17, 15) is 14.4 Å². The van der Waals surface area contributed by atoms with Crippen molar-refractivity contribution in [3.63, 3.8) is 0 Å². The first kappa shape index (κ1) is 18.2. The molecule has 30 heavy (non-hydrogen) atoms. The van der Waals surface area contributed by atoms with Crippen LogP contribution in [0.2, 0.25) is 0 Å². The van der Waals surface area contributed by atoms with Gasteiger partial charge in [-0.2, -0.15) is 14.8 Å². The average Bonchev–Trinajstić information content (AvgIpc) is 3.34. The van der Waals surface area contributed by atoms with E-state index in [1.54, 1.807) is 37.3 Å². The summed E-state index contributed by atoms with van der Waals surface area (Å²) in [5.74, 6) is -0.827. The SMILES string of the molecule is Cc1cc(NC(=O)c2cc(=O)c3ccccc3o2)n(C2=NC(=O)C3CCCC3=N2)n1. The number of aryl methyl sites for hydroxylation is 1. The van der Waals surface area contributed by atoms with E-state index in [1.807, 2.05) is 0 Å². The third-order valence-electron chi connectivity index (χ3n) is 5.20. The molecule has 3 aromatic rings. The van der Waals surface area contributed by atoms with Crippen molar-refractivity contribution in [2.24, 2.45) is 15.9 Å². The maximum Gasteiger partial charge on any atom is 0.292 e. The van der Waals surface area contributed by atoms with Crippen LogP contribution in [0.4, 0.5) is 5.82 Å². The van der Waals surface area contributed by atoms with Crippen molar-refractivity contribution >= 4 is 40.3 Å². The van der Waals surface area contributed by atoms with E-state index in [4.69, 9.17) is 4.42 Å². The van der Waals surface area contributed by atoms with Crippen LogP contribution >= 0.6 is 0 Å². The number of nitrogens with one attached hydrogen (secondary N) is 1. The predicted molar refractivity (Wildman–Crippen MR) is 110 cm³/mol. The summed E-state index contributed by atoms with van der Waals surface area (Å²) in [4.78, 5) is 46.0. The Bertz CT molecular complexity index is 1330. The third-order valence-corrected chi connectivity index (χ3v) is 5.20. The van der Waals surface area contributed by atoms with Gasteiger partial charge in [-0.25, -0.2) is 4.99 Å². The van der Waals surface area contributed by atoms with Crippen molar-refractivity contribution < 1.29 is 14.0 Å². The maximum atomic E-state index is 12.8. The van der Waals surface area contributed by atoms with Gasteiger partial charge in [-0.1, -0.05) is 12.1 Å². The van der Waals surface area contributed by atoms with E-state index in [0.717, 1.165) is 31.0 Å². The Kier molecular flexibility index (Phi) is 4.16. The van der Waals surface area contributed by atoms with Gasteiger partial charge in [0, 0.05) is 17.8 Å². The standard InChI is InChI=1S/C21H17N5O4/c1-11-9-18(26(25-11)21-22-14-7-4-6-12(14)19(28)24-21)23-20(29)17-10-15(27)13-5-2-3-8-16(13)30-17/h2-3,5,8-10,12H,4,6-7H2,1H3,(H,23,29). The molecule has 0 saturated heterocycles. The largest absolute Gasteiger partial charge is 0.451 e. The minimum absolute atomic E-state index is 0.122. The van der Waals surface area contributed by atoms with Crippen LogP contribution in [-0.2, 0) is 4.79 Å². The molecule has 9 nitrogen and oxygen atoms in total. The summed E-state index contributed by atoms with van der Waals surface area (Å²) in [5.41, 5.74) is 1.42. The number of fused-ring (bicyclic) bond motifs is 2. The van der Waals surface area contributed by atoms with Gasteiger partial charge in [0.25, 0.3) is 17.8 Å². The van der Waals surface area contributed by atoms with Gasteiger partial charge < -0.3 is 9.73 Å². The number of anilines is 1. The van der Waals surface area contributed by atoms with Crippen LogP contribution in [0.5, 0.6) is 0 Å². The van der Waals surface area contributed by atoms with Gasteiger partial charge in [-0.15, -0.1) is 0 Å². The molecule has 1 saturated carbocycles. The minimum Gasteiger partial charge on any atom is -0.451 e. The predicted octanol–water partition coefficient (Wildman–Crippen LogP) is 2.54. The van der Waals surface area contributed by atoms with E-state index in [2.05, 4.69) is 20.4 Å². The molecule has 9 heteroatoms. The molecule has 1 aliphatic carbocycles. The highest BCUT2D eigenvalue weighted by atomic mass is 16.3. The molecule has 2 amide bonds. The molecule has 1 N–H and O–H groups in total. The van der Waals surface area contributed by atoms with Gasteiger partial charge in [0.1, 0.15) is 11.4 Å². The number of benzene rings is 1. The fraction of sp³-hybridized carbons (Fsp3) is 0.238.